The van der Waals surface area contributed by atoms with Gasteiger partial charge in [0.2, 0.25) is 0 Å². The van der Waals surface area contributed by atoms with Crippen molar-refractivity contribution in [3.8, 4) is 0 Å². The topological polar surface area (TPSA) is 63.6 Å². The third-order valence-electron chi connectivity index (χ3n) is 3.14. The molecular weight excluding hydrogens is 208 g/mol. The molecule has 1 saturated heterocycles. The van der Waals surface area contributed by atoms with Crippen LogP contribution in [0.4, 0.5) is 0 Å². The molecule has 0 radical (unpaired) electrons. The molecule has 1 fully saturated rings. The predicted octanol–water partition coefficient (Wildman–Crippen LogP) is 1.87. The van der Waals surface area contributed by atoms with E-state index in [0.29, 0.717) is 18.6 Å². The van der Waals surface area contributed by atoms with Gasteiger partial charge in [0.05, 0.1) is 18.1 Å². The van der Waals surface area contributed by atoms with Crippen molar-refractivity contribution in [3.05, 3.63) is 0 Å². The summed E-state index contributed by atoms with van der Waals surface area (Å²) in [5.41, 5.74) is 0. The highest BCUT2D eigenvalue weighted by Gasteiger charge is 2.28. The molecule has 4 atom stereocenters. The number of hydrogen-bond acceptors (Lipinski definition) is 3. The summed E-state index contributed by atoms with van der Waals surface area (Å²) in [5, 5.41) is 8.98. The van der Waals surface area contributed by atoms with Crippen LogP contribution in [0.3, 0.4) is 0 Å². The van der Waals surface area contributed by atoms with E-state index in [4.69, 9.17) is 9.84 Å². The zero-order valence-corrected chi connectivity index (χ0v) is 9.89. The van der Waals surface area contributed by atoms with Gasteiger partial charge < -0.3 is 14.6 Å². The average molecular weight is 228 g/mol. The monoisotopic (exact) mass is 228 g/mol. The number of aldehydes is 1. The normalized spacial score (nSPS) is 32.0. The molecule has 2 unspecified atom stereocenters. The van der Waals surface area contributed by atoms with Crippen molar-refractivity contribution in [2.75, 3.05) is 0 Å². The van der Waals surface area contributed by atoms with Gasteiger partial charge in [0.1, 0.15) is 6.29 Å². The largest absolute Gasteiger partial charge is 0.481 e. The Morgan fingerprint density at radius 3 is 2.44 bits per heavy atom. The second kappa shape index (κ2) is 5.99. The summed E-state index contributed by atoms with van der Waals surface area (Å²) in [4.78, 5) is 21.3. The van der Waals surface area contributed by atoms with Crippen molar-refractivity contribution >= 4 is 12.3 Å². The maximum absolute atomic E-state index is 10.9. The molecule has 4 heteroatoms. The molecule has 4 nitrogen and oxygen atoms in total. The van der Waals surface area contributed by atoms with Gasteiger partial charge in [-0.15, -0.1) is 0 Å². The highest BCUT2D eigenvalue weighted by molar-refractivity contribution is 5.73. The van der Waals surface area contributed by atoms with E-state index in [0.717, 1.165) is 12.8 Å². The Labute approximate surface area is 96.0 Å². The first-order valence-electron chi connectivity index (χ1n) is 5.84. The van der Waals surface area contributed by atoms with Gasteiger partial charge in [-0.3, -0.25) is 4.79 Å². The fourth-order valence-electron chi connectivity index (χ4n) is 2.55. The van der Waals surface area contributed by atoms with Crippen molar-refractivity contribution in [1.29, 1.82) is 0 Å². The van der Waals surface area contributed by atoms with Crippen LogP contribution in [0.25, 0.3) is 0 Å². The van der Waals surface area contributed by atoms with E-state index in [1.807, 2.05) is 13.8 Å². The van der Waals surface area contributed by atoms with Crippen LogP contribution in [0.5, 0.6) is 0 Å². The lowest BCUT2D eigenvalue weighted by Crippen LogP contribution is -2.31. The van der Waals surface area contributed by atoms with Crippen molar-refractivity contribution in [3.63, 3.8) is 0 Å². The van der Waals surface area contributed by atoms with Gasteiger partial charge in [0.25, 0.3) is 0 Å². The maximum atomic E-state index is 10.9. The second-order valence-corrected chi connectivity index (χ2v) is 4.77. The van der Waals surface area contributed by atoms with Crippen molar-refractivity contribution < 1.29 is 19.4 Å². The molecule has 92 valence electrons. The fourth-order valence-corrected chi connectivity index (χ4v) is 2.55. The highest BCUT2D eigenvalue weighted by atomic mass is 16.5. The zero-order valence-electron chi connectivity index (χ0n) is 9.89. The summed E-state index contributed by atoms with van der Waals surface area (Å²) in [6.45, 7) is 4.02. The van der Waals surface area contributed by atoms with Crippen molar-refractivity contribution in [2.45, 2.75) is 51.7 Å². The Balaban J connectivity index is 2.50. The number of ether oxygens (including phenoxy) is 1. The van der Waals surface area contributed by atoms with Crippen LogP contribution in [-0.2, 0) is 14.3 Å². The molecule has 0 amide bonds. The van der Waals surface area contributed by atoms with Crippen LogP contribution in [-0.4, -0.2) is 29.6 Å². The van der Waals surface area contributed by atoms with E-state index >= 15 is 0 Å². The minimum Gasteiger partial charge on any atom is -0.481 e. The van der Waals surface area contributed by atoms with Crippen molar-refractivity contribution in [1.82, 2.24) is 0 Å². The molecule has 0 aromatic heterocycles. The SMILES string of the molecule is C[C@@H]1CC(CC(CC=O)C(=O)O)C[C@H](C)O1. The van der Waals surface area contributed by atoms with E-state index in [2.05, 4.69) is 0 Å². The Kier molecular flexibility index (Phi) is 4.93. The van der Waals surface area contributed by atoms with E-state index in [1.165, 1.54) is 0 Å². The highest BCUT2D eigenvalue weighted by Crippen LogP contribution is 2.30. The second-order valence-electron chi connectivity index (χ2n) is 4.77. The Morgan fingerprint density at radius 1 is 1.44 bits per heavy atom. The zero-order chi connectivity index (χ0) is 12.1. The smallest absolute Gasteiger partial charge is 0.306 e. The Bertz CT molecular complexity index is 241. The van der Waals surface area contributed by atoms with Crippen LogP contribution in [0.1, 0.15) is 39.5 Å². The van der Waals surface area contributed by atoms with Crippen LogP contribution in [0.2, 0.25) is 0 Å². The molecule has 1 rings (SSSR count). The first kappa shape index (κ1) is 13.2. The summed E-state index contributed by atoms with van der Waals surface area (Å²) in [6, 6.07) is 0. The first-order chi connectivity index (χ1) is 7.52. The molecule has 0 aromatic carbocycles. The number of rotatable bonds is 5. The summed E-state index contributed by atoms with van der Waals surface area (Å²) >= 11 is 0. The van der Waals surface area contributed by atoms with Gasteiger partial charge in [-0.2, -0.15) is 0 Å². The van der Waals surface area contributed by atoms with Gasteiger partial charge in [-0.1, -0.05) is 0 Å². The summed E-state index contributed by atoms with van der Waals surface area (Å²) in [7, 11) is 0. The van der Waals surface area contributed by atoms with Gasteiger partial charge in [0, 0.05) is 6.42 Å². The Hall–Kier alpha value is -0.900. The number of carboxylic acid groups (broad SMARTS) is 1. The minimum atomic E-state index is -0.862. The number of hydrogen-bond donors (Lipinski definition) is 1. The molecule has 0 bridgehead atoms. The lowest BCUT2D eigenvalue weighted by molar-refractivity contribution is -0.144. The van der Waals surface area contributed by atoms with Gasteiger partial charge in [0.15, 0.2) is 0 Å². The number of aliphatic carboxylic acids is 1. The molecule has 0 saturated carbocycles. The van der Waals surface area contributed by atoms with Gasteiger partial charge >= 0.3 is 5.97 Å². The average Bonchev–Trinajstić information content (AvgIpc) is 2.15. The Morgan fingerprint density at radius 2 is 2.00 bits per heavy atom. The third kappa shape index (κ3) is 3.93. The molecule has 16 heavy (non-hydrogen) atoms. The molecule has 0 aromatic rings. The third-order valence-corrected chi connectivity index (χ3v) is 3.14. The molecule has 1 N–H and O–H groups in total. The predicted molar refractivity (Wildman–Crippen MR) is 59.2 cm³/mol. The van der Waals surface area contributed by atoms with Gasteiger partial charge in [-0.05, 0) is 39.0 Å². The molecule has 0 spiro atoms. The fraction of sp³-hybridized carbons (Fsp3) is 0.833. The summed E-state index contributed by atoms with van der Waals surface area (Å²) in [6.07, 6.45) is 3.59. The standard InChI is InChI=1S/C12H20O4/c1-8-5-10(6-9(2)16-8)7-11(3-4-13)12(14)15/h4,8-11H,3,5-7H2,1-2H3,(H,14,15)/t8-,9+,10?,11?. The summed E-state index contributed by atoms with van der Waals surface area (Å²) in [5.74, 6) is -1.03. The number of carbonyl (C=O) groups excluding carboxylic acids is 1. The van der Waals surface area contributed by atoms with Gasteiger partial charge in [-0.25, -0.2) is 0 Å². The lowest BCUT2D eigenvalue weighted by Gasteiger charge is -2.33. The minimum absolute atomic E-state index is 0.120. The van der Waals surface area contributed by atoms with Crippen LogP contribution in [0.15, 0.2) is 0 Å². The molecule has 0 aliphatic carbocycles. The molecule has 1 aliphatic rings. The maximum Gasteiger partial charge on any atom is 0.306 e. The first-order valence-corrected chi connectivity index (χ1v) is 5.84. The molecule has 1 heterocycles. The van der Waals surface area contributed by atoms with E-state index in [1.54, 1.807) is 0 Å². The number of carboxylic acids is 1. The quantitative estimate of drug-likeness (QED) is 0.730. The van der Waals surface area contributed by atoms with Crippen LogP contribution < -0.4 is 0 Å². The van der Waals surface area contributed by atoms with E-state index < -0.39 is 11.9 Å². The van der Waals surface area contributed by atoms with E-state index in [-0.39, 0.29) is 18.6 Å². The van der Waals surface area contributed by atoms with E-state index in [9.17, 15) is 9.59 Å². The van der Waals surface area contributed by atoms with Crippen LogP contribution in [0, 0.1) is 11.8 Å². The van der Waals surface area contributed by atoms with Crippen LogP contribution >= 0.6 is 0 Å². The van der Waals surface area contributed by atoms with Crippen molar-refractivity contribution in [2.24, 2.45) is 11.8 Å². The summed E-state index contributed by atoms with van der Waals surface area (Å²) < 4.78 is 5.60. The number of carbonyl (C=O) groups is 2. The lowest BCUT2D eigenvalue weighted by atomic mass is 9.84. The molecule has 1 aliphatic heterocycles. The molecular formula is C12H20O4.